The van der Waals surface area contributed by atoms with Gasteiger partial charge in [-0.3, -0.25) is 4.57 Å². The molecule has 1 aliphatic heterocycles. The second-order valence-electron chi connectivity index (χ2n) is 7.82. The molecular weight excluding hydrogens is 514 g/mol. The fraction of sp³-hybridized carbons (Fsp3) is 0.208. The van der Waals surface area contributed by atoms with Crippen molar-refractivity contribution in [2.75, 3.05) is 6.61 Å². The molecule has 9 nitrogen and oxygen atoms in total. The molecular formula is C24H17Cl2FN4O5. The highest BCUT2D eigenvalue weighted by Crippen LogP contribution is 2.37. The molecule has 12 heteroatoms. The van der Waals surface area contributed by atoms with E-state index in [0.717, 1.165) is 0 Å². The molecule has 5 rings (SSSR count). The van der Waals surface area contributed by atoms with Gasteiger partial charge in [0.2, 0.25) is 5.28 Å². The monoisotopic (exact) mass is 530 g/mol. The molecule has 3 heterocycles. The Morgan fingerprint density at radius 1 is 0.972 bits per heavy atom. The highest BCUT2D eigenvalue weighted by molar-refractivity contribution is 6.35. The number of rotatable bonds is 6. The average Bonchev–Trinajstić information content (AvgIpc) is 3.44. The van der Waals surface area contributed by atoms with Gasteiger partial charge >= 0.3 is 11.9 Å². The van der Waals surface area contributed by atoms with Crippen molar-refractivity contribution < 1.29 is 28.2 Å². The minimum Gasteiger partial charge on any atom is -0.459 e. The summed E-state index contributed by atoms with van der Waals surface area (Å²) in [4.78, 5) is 37.2. The van der Waals surface area contributed by atoms with E-state index in [1.807, 2.05) is 0 Å². The van der Waals surface area contributed by atoms with Crippen LogP contribution in [0.2, 0.25) is 10.4 Å². The summed E-state index contributed by atoms with van der Waals surface area (Å²) < 4.78 is 33.8. The molecule has 0 amide bonds. The van der Waals surface area contributed by atoms with Gasteiger partial charge in [0, 0.05) is 0 Å². The van der Waals surface area contributed by atoms with Crippen molar-refractivity contribution in [3.05, 3.63) is 88.6 Å². The van der Waals surface area contributed by atoms with Crippen LogP contribution in [-0.2, 0) is 14.2 Å². The van der Waals surface area contributed by atoms with Crippen LogP contribution in [0.25, 0.3) is 11.2 Å². The molecule has 2 aromatic carbocycles. The second-order valence-corrected chi connectivity index (χ2v) is 8.51. The summed E-state index contributed by atoms with van der Waals surface area (Å²) in [6.07, 6.45) is -4.46. The van der Waals surface area contributed by atoms with Crippen LogP contribution in [0.5, 0.6) is 0 Å². The normalized spacial score (nSPS) is 21.4. The van der Waals surface area contributed by atoms with Crippen molar-refractivity contribution in [3.8, 4) is 0 Å². The molecule has 0 aliphatic carbocycles. The van der Waals surface area contributed by atoms with Gasteiger partial charge in [0.15, 0.2) is 29.3 Å². The number of fused-ring (bicyclic) bond motifs is 1. The van der Waals surface area contributed by atoms with Crippen molar-refractivity contribution in [2.45, 2.75) is 24.6 Å². The number of hydrogen-bond acceptors (Lipinski definition) is 8. The summed E-state index contributed by atoms with van der Waals surface area (Å²) >= 11 is 12.0. The lowest BCUT2D eigenvalue weighted by Crippen LogP contribution is -2.37. The number of hydrogen-bond donors (Lipinski definition) is 0. The summed E-state index contributed by atoms with van der Waals surface area (Å²) in [5, 5.41) is -0.180. The molecule has 2 aromatic heterocycles. The predicted molar refractivity (Wildman–Crippen MR) is 127 cm³/mol. The summed E-state index contributed by atoms with van der Waals surface area (Å²) in [5.41, 5.74) is 0.854. The van der Waals surface area contributed by atoms with E-state index in [4.69, 9.17) is 37.4 Å². The van der Waals surface area contributed by atoms with Gasteiger partial charge in [0.25, 0.3) is 0 Å². The molecule has 0 radical (unpaired) electrons. The van der Waals surface area contributed by atoms with Gasteiger partial charge < -0.3 is 14.2 Å². The van der Waals surface area contributed by atoms with Crippen LogP contribution >= 0.6 is 23.2 Å². The van der Waals surface area contributed by atoms with Crippen LogP contribution in [0.4, 0.5) is 4.39 Å². The molecule has 4 atom stereocenters. The molecule has 0 bridgehead atoms. The molecule has 0 spiro atoms. The van der Waals surface area contributed by atoms with E-state index in [1.54, 1.807) is 48.5 Å². The summed E-state index contributed by atoms with van der Waals surface area (Å²) in [5.74, 6) is -1.39. The maximum atomic E-state index is 15.8. The van der Waals surface area contributed by atoms with Crippen molar-refractivity contribution >= 4 is 46.3 Å². The number of carbonyl (C=O) groups excluding carboxylic acids is 2. The zero-order valence-electron chi connectivity index (χ0n) is 18.3. The minimum atomic E-state index is -1.87. The van der Waals surface area contributed by atoms with Crippen LogP contribution < -0.4 is 0 Å². The zero-order chi connectivity index (χ0) is 25.2. The Morgan fingerprint density at radius 3 is 2.28 bits per heavy atom. The van der Waals surface area contributed by atoms with Crippen molar-refractivity contribution in [2.24, 2.45) is 0 Å². The Balaban J connectivity index is 1.42. The first-order chi connectivity index (χ1) is 17.4. The van der Waals surface area contributed by atoms with Gasteiger partial charge in [0.05, 0.1) is 17.5 Å². The van der Waals surface area contributed by atoms with E-state index in [0.29, 0.717) is 5.56 Å². The first-order valence-corrected chi connectivity index (χ1v) is 11.5. The first kappa shape index (κ1) is 24.1. The molecule has 0 N–H and O–H groups in total. The lowest BCUT2D eigenvalue weighted by Gasteiger charge is -2.19. The number of halogens is 3. The molecule has 1 aliphatic rings. The fourth-order valence-electron chi connectivity index (χ4n) is 3.82. The molecule has 184 valence electrons. The molecule has 1 saturated heterocycles. The van der Waals surface area contributed by atoms with Crippen molar-refractivity contribution in [3.63, 3.8) is 0 Å². The van der Waals surface area contributed by atoms with E-state index in [-0.39, 0.29) is 33.8 Å². The average molecular weight is 531 g/mol. The van der Waals surface area contributed by atoms with E-state index in [2.05, 4.69) is 15.0 Å². The van der Waals surface area contributed by atoms with E-state index in [9.17, 15) is 9.59 Å². The standard InChI is InChI=1S/C24H17Cl2FN4O5/c25-19-17-20(30-24(26)29-19)31(12-28-17)21-16(27)18(36-23(33)14-9-5-2-6-10-14)15(35-21)11-34-22(32)13-7-3-1-4-8-13/h1-10,12,15-16,18,21H,11H2/t15-,16-,18?,21-/m1/s1. The van der Waals surface area contributed by atoms with Gasteiger partial charge in [-0.15, -0.1) is 0 Å². The topological polar surface area (TPSA) is 105 Å². The lowest BCUT2D eigenvalue weighted by atomic mass is 10.1. The van der Waals surface area contributed by atoms with Crippen molar-refractivity contribution in [1.29, 1.82) is 0 Å². The lowest BCUT2D eigenvalue weighted by molar-refractivity contribution is -0.0570. The maximum Gasteiger partial charge on any atom is 0.338 e. The van der Waals surface area contributed by atoms with Crippen LogP contribution in [0.3, 0.4) is 0 Å². The Hall–Kier alpha value is -3.60. The first-order valence-electron chi connectivity index (χ1n) is 10.8. The Bertz CT molecular complexity index is 1410. The Kier molecular flexibility index (Phi) is 6.82. The Morgan fingerprint density at radius 2 is 1.61 bits per heavy atom. The number of aromatic nitrogens is 4. The van der Waals surface area contributed by atoms with Gasteiger partial charge in [-0.1, -0.05) is 48.0 Å². The predicted octanol–water partition coefficient (Wildman–Crippen LogP) is 4.45. The SMILES string of the molecule is O=C(OC[C@H]1O[C@@H](n2cnc3c(Cl)nc(Cl)nc32)[C@H](F)C1OC(=O)c1ccccc1)c1ccccc1. The number of esters is 2. The summed E-state index contributed by atoms with van der Waals surface area (Å²) in [7, 11) is 0. The number of nitrogens with zero attached hydrogens (tertiary/aromatic N) is 4. The highest BCUT2D eigenvalue weighted by atomic mass is 35.5. The third-order valence-corrected chi connectivity index (χ3v) is 5.97. The fourth-order valence-corrected chi connectivity index (χ4v) is 4.24. The Labute approximate surface area is 213 Å². The molecule has 4 aromatic rings. The third kappa shape index (κ3) is 4.75. The maximum absolute atomic E-state index is 15.8. The molecule has 1 fully saturated rings. The van der Waals surface area contributed by atoms with E-state index >= 15 is 4.39 Å². The number of imidazole rings is 1. The van der Waals surface area contributed by atoms with Gasteiger partial charge in [-0.2, -0.15) is 4.98 Å². The van der Waals surface area contributed by atoms with Crippen molar-refractivity contribution in [1.82, 2.24) is 19.5 Å². The number of benzene rings is 2. The smallest absolute Gasteiger partial charge is 0.338 e. The minimum absolute atomic E-state index is 0.0162. The summed E-state index contributed by atoms with van der Waals surface area (Å²) in [6.45, 7) is -0.374. The number of ether oxygens (including phenoxy) is 3. The largest absolute Gasteiger partial charge is 0.459 e. The van der Waals surface area contributed by atoms with E-state index in [1.165, 1.54) is 23.0 Å². The third-order valence-electron chi connectivity index (χ3n) is 5.53. The molecule has 1 unspecified atom stereocenters. The van der Waals surface area contributed by atoms with Crippen LogP contribution in [-0.4, -0.2) is 56.4 Å². The zero-order valence-corrected chi connectivity index (χ0v) is 19.8. The summed E-state index contributed by atoms with van der Waals surface area (Å²) in [6, 6.07) is 16.4. The van der Waals surface area contributed by atoms with Crippen LogP contribution in [0.1, 0.15) is 26.9 Å². The van der Waals surface area contributed by atoms with Crippen LogP contribution in [0.15, 0.2) is 67.0 Å². The van der Waals surface area contributed by atoms with E-state index < -0.39 is 36.5 Å². The van der Waals surface area contributed by atoms with Crippen LogP contribution in [0, 0.1) is 0 Å². The second kappa shape index (κ2) is 10.2. The van der Waals surface area contributed by atoms with Gasteiger partial charge in [0.1, 0.15) is 18.2 Å². The number of carbonyl (C=O) groups is 2. The quantitative estimate of drug-likeness (QED) is 0.204. The number of alkyl halides is 1. The molecule has 0 saturated carbocycles. The van der Waals surface area contributed by atoms with Gasteiger partial charge in [-0.05, 0) is 35.9 Å². The van der Waals surface area contributed by atoms with Gasteiger partial charge in [-0.25, -0.2) is 23.9 Å². The highest BCUT2D eigenvalue weighted by Gasteiger charge is 2.50. The molecule has 36 heavy (non-hydrogen) atoms.